The molecule has 1 aliphatic heterocycles. The van der Waals surface area contributed by atoms with Gasteiger partial charge in [-0.25, -0.2) is 9.98 Å². The minimum absolute atomic E-state index is 0.727. The summed E-state index contributed by atoms with van der Waals surface area (Å²) in [4.78, 5) is 14.1. The number of H-pyrrole nitrogens is 1. The number of aliphatic imine (C=N–C) groups is 2. The van der Waals surface area contributed by atoms with E-state index in [1.807, 2.05) is 12.1 Å². The van der Waals surface area contributed by atoms with Crippen LogP contribution in [0.2, 0.25) is 0 Å². The van der Waals surface area contributed by atoms with Gasteiger partial charge in [0.25, 0.3) is 0 Å². The van der Waals surface area contributed by atoms with Gasteiger partial charge in [-0.05, 0) is 51.4 Å². The number of amidine groups is 1. The third-order valence-corrected chi connectivity index (χ3v) is 7.58. The molecule has 182 valence electrons. The molecule has 1 aliphatic rings. The van der Waals surface area contributed by atoms with Crippen molar-refractivity contribution >= 4 is 49.7 Å². The molecule has 2 heterocycles. The summed E-state index contributed by atoms with van der Waals surface area (Å²) in [7, 11) is 0. The fraction of sp³-hybridized carbons (Fsp3) is 0. The molecule has 39 heavy (non-hydrogen) atoms. The number of rotatable bonds is 3. The number of nitrogens with one attached hydrogen (secondary N) is 1. The van der Waals surface area contributed by atoms with E-state index in [-0.39, 0.29) is 0 Å². The third-order valence-electron chi connectivity index (χ3n) is 7.58. The number of fused-ring (bicyclic) bond motifs is 4. The molecule has 0 bridgehead atoms. The smallest absolute Gasteiger partial charge is 0.162 e. The van der Waals surface area contributed by atoms with Gasteiger partial charge in [0.05, 0.1) is 11.4 Å². The van der Waals surface area contributed by atoms with Crippen molar-refractivity contribution in [3.63, 3.8) is 0 Å². The Morgan fingerprint density at radius 2 is 1.00 bits per heavy atom. The zero-order valence-corrected chi connectivity index (χ0v) is 21.1. The summed E-state index contributed by atoms with van der Waals surface area (Å²) in [6.07, 6.45) is 0. The minimum Gasteiger partial charge on any atom is -0.339 e. The second-order valence-corrected chi connectivity index (χ2v) is 9.97. The van der Waals surface area contributed by atoms with E-state index in [4.69, 9.17) is 9.98 Å². The molecule has 0 aliphatic carbocycles. The van der Waals surface area contributed by atoms with Gasteiger partial charge in [0.1, 0.15) is 5.82 Å². The molecule has 0 unspecified atom stereocenters. The van der Waals surface area contributed by atoms with E-state index in [0.717, 1.165) is 56.1 Å². The van der Waals surface area contributed by atoms with Gasteiger partial charge in [-0.3, -0.25) is 0 Å². The van der Waals surface area contributed by atoms with Crippen LogP contribution in [0.25, 0.3) is 43.6 Å². The average molecular weight is 498 g/mol. The maximum Gasteiger partial charge on any atom is 0.162 e. The summed E-state index contributed by atoms with van der Waals surface area (Å²) in [5.74, 6) is 1.55. The highest BCUT2D eigenvalue weighted by Gasteiger charge is 2.24. The summed E-state index contributed by atoms with van der Waals surface area (Å²) in [6.45, 7) is 0. The minimum atomic E-state index is 0.727. The van der Waals surface area contributed by atoms with Crippen LogP contribution in [0.4, 0.5) is 5.82 Å². The number of aromatic amines is 1. The van der Waals surface area contributed by atoms with Crippen LogP contribution in [0, 0.1) is 0 Å². The lowest BCUT2D eigenvalue weighted by Gasteiger charge is -2.06. The molecule has 3 heteroatoms. The van der Waals surface area contributed by atoms with Crippen LogP contribution in [-0.4, -0.2) is 16.5 Å². The Hall–Kier alpha value is -5.28. The molecule has 8 rings (SSSR count). The lowest BCUT2D eigenvalue weighted by Crippen LogP contribution is -2.00. The lowest BCUT2D eigenvalue weighted by molar-refractivity contribution is 1.34. The molecule has 1 aromatic heterocycles. The van der Waals surface area contributed by atoms with Crippen molar-refractivity contribution in [3.8, 4) is 11.3 Å². The van der Waals surface area contributed by atoms with Crippen LogP contribution in [0.15, 0.2) is 143 Å². The number of nitrogens with zero attached hydrogens (tertiary/aromatic N) is 2. The molecular formula is C36H23N3. The molecule has 0 spiro atoms. The van der Waals surface area contributed by atoms with Crippen molar-refractivity contribution in [1.29, 1.82) is 0 Å². The molecule has 0 atom stereocenters. The summed E-state index contributed by atoms with van der Waals surface area (Å²) < 4.78 is 0. The Balaban J connectivity index is 1.40. The Morgan fingerprint density at radius 3 is 1.64 bits per heavy atom. The monoisotopic (exact) mass is 497 g/mol. The van der Waals surface area contributed by atoms with Crippen LogP contribution < -0.4 is 0 Å². The van der Waals surface area contributed by atoms with E-state index < -0.39 is 0 Å². The molecule has 7 aromatic rings. The predicted octanol–water partition coefficient (Wildman–Crippen LogP) is 9.07. The van der Waals surface area contributed by atoms with E-state index in [9.17, 15) is 0 Å². The highest BCUT2D eigenvalue weighted by Crippen LogP contribution is 2.39. The van der Waals surface area contributed by atoms with Gasteiger partial charge in [0.15, 0.2) is 5.84 Å². The SMILES string of the molecule is c1ccc(C2=N/C(=N\c3[nH]c(-c4ccccc4)c4cc5ccccc5cc34)c3cc4ccccc4cc32)cc1. The van der Waals surface area contributed by atoms with Gasteiger partial charge in [-0.1, -0.05) is 109 Å². The van der Waals surface area contributed by atoms with Gasteiger partial charge in [-0.2, -0.15) is 0 Å². The molecule has 0 amide bonds. The second kappa shape index (κ2) is 8.64. The third kappa shape index (κ3) is 3.59. The van der Waals surface area contributed by atoms with Gasteiger partial charge in [0, 0.05) is 27.5 Å². The first-order valence-electron chi connectivity index (χ1n) is 13.2. The Kier molecular flexibility index (Phi) is 4.82. The largest absolute Gasteiger partial charge is 0.339 e. The van der Waals surface area contributed by atoms with Crippen LogP contribution in [-0.2, 0) is 0 Å². The topological polar surface area (TPSA) is 40.5 Å². The van der Waals surface area contributed by atoms with Gasteiger partial charge >= 0.3 is 0 Å². The Morgan fingerprint density at radius 1 is 0.487 bits per heavy atom. The molecule has 6 aromatic carbocycles. The zero-order valence-electron chi connectivity index (χ0n) is 21.1. The first-order chi connectivity index (χ1) is 19.3. The summed E-state index contributed by atoms with van der Waals surface area (Å²) in [5, 5.41) is 7.03. The maximum atomic E-state index is 5.24. The molecular weight excluding hydrogens is 474 g/mol. The van der Waals surface area contributed by atoms with Crippen molar-refractivity contribution in [2.24, 2.45) is 9.98 Å². The molecule has 0 saturated heterocycles. The van der Waals surface area contributed by atoms with Crippen LogP contribution in [0.3, 0.4) is 0 Å². The maximum absolute atomic E-state index is 5.24. The number of hydrogen-bond donors (Lipinski definition) is 1. The van der Waals surface area contributed by atoms with Crippen LogP contribution >= 0.6 is 0 Å². The van der Waals surface area contributed by atoms with E-state index in [0.29, 0.717) is 0 Å². The zero-order chi connectivity index (χ0) is 25.8. The van der Waals surface area contributed by atoms with Crippen molar-refractivity contribution in [2.75, 3.05) is 0 Å². The number of hydrogen-bond acceptors (Lipinski definition) is 1. The van der Waals surface area contributed by atoms with Crippen molar-refractivity contribution < 1.29 is 0 Å². The van der Waals surface area contributed by atoms with Gasteiger partial charge in [0.2, 0.25) is 0 Å². The van der Waals surface area contributed by atoms with Crippen molar-refractivity contribution in [2.45, 2.75) is 0 Å². The fourth-order valence-electron chi connectivity index (χ4n) is 5.67. The Bertz CT molecular complexity index is 2100. The summed E-state index contributed by atoms with van der Waals surface area (Å²) >= 11 is 0. The molecule has 0 radical (unpaired) electrons. The average Bonchev–Trinajstić information content (AvgIpc) is 3.53. The number of aromatic nitrogens is 1. The standard InChI is InChI=1S/C36H23N3/c1-3-11-23(12-4-1)33-29-19-25-15-7-9-17-27(25)21-31(29)35(37-33)39-36-32-22-28-18-10-8-16-26(28)20-30(32)34(38-36)24-13-5-2-6-14-24/h1-22,37H/b39-36-. The van der Waals surface area contributed by atoms with E-state index in [1.165, 1.54) is 21.5 Å². The van der Waals surface area contributed by atoms with E-state index in [2.05, 4.69) is 126 Å². The lowest BCUT2D eigenvalue weighted by atomic mass is 9.96. The summed E-state index contributed by atoms with van der Waals surface area (Å²) in [6, 6.07) is 46.8. The first-order valence-corrected chi connectivity index (χ1v) is 13.2. The quantitative estimate of drug-likeness (QED) is 0.253. The van der Waals surface area contributed by atoms with Crippen LogP contribution in [0.5, 0.6) is 0 Å². The Labute approximate surface area is 225 Å². The highest BCUT2D eigenvalue weighted by atomic mass is 15.0. The first kappa shape index (κ1) is 21.8. The van der Waals surface area contributed by atoms with Crippen LogP contribution in [0.1, 0.15) is 16.7 Å². The molecule has 1 N–H and O–H groups in total. The fourth-order valence-corrected chi connectivity index (χ4v) is 5.67. The van der Waals surface area contributed by atoms with Crippen molar-refractivity contribution in [1.82, 2.24) is 4.98 Å². The second-order valence-electron chi connectivity index (χ2n) is 9.97. The number of benzene rings is 6. The normalized spacial score (nSPS) is 13.8. The molecule has 0 fully saturated rings. The predicted molar refractivity (Wildman–Crippen MR) is 163 cm³/mol. The van der Waals surface area contributed by atoms with E-state index in [1.54, 1.807) is 0 Å². The van der Waals surface area contributed by atoms with Crippen molar-refractivity contribution in [3.05, 3.63) is 150 Å². The van der Waals surface area contributed by atoms with E-state index >= 15 is 0 Å². The highest BCUT2D eigenvalue weighted by molar-refractivity contribution is 6.30. The van der Waals surface area contributed by atoms with Gasteiger partial charge in [-0.15, -0.1) is 0 Å². The summed E-state index contributed by atoms with van der Waals surface area (Å²) in [5.41, 5.74) is 6.42. The molecule has 0 saturated carbocycles. The molecule has 3 nitrogen and oxygen atoms in total. The van der Waals surface area contributed by atoms with Gasteiger partial charge < -0.3 is 4.98 Å².